The summed E-state index contributed by atoms with van der Waals surface area (Å²) in [5.41, 5.74) is 0.136. The van der Waals surface area contributed by atoms with Gasteiger partial charge in [0.25, 0.3) is 0 Å². The SMILES string of the molecule is C/C=C/C(C)(C)CCOO. The van der Waals surface area contributed by atoms with Crippen molar-refractivity contribution >= 4 is 0 Å². The van der Waals surface area contributed by atoms with Crippen LogP contribution in [0.3, 0.4) is 0 Å². The van der Waals surface area contributed by atoms with E-state index in [1.54, 1.807) is 0 Å². The second-order valence-corrected chi connectivity index (χ2v) is 3.07. The van der Waals surface area contributed by atoms with Crippen molar-refractivity contribution in [1.29, 1.82) is 0 Å². The average Bonchev–Trinajstić information content (AvgIpc) is 1.84. The minimum absolute atomic E-state index is 0.136. The van der Waals surface area contributed by atoms with Crippen LogP contribution in [0.2, 0.25) is 0 Å². The van der Waals surface area contributed by atoms with E-state index in [-0.39, 0.29) is 5.41 Å². The third-order valence-corrected chi connectivity index (χ3v) is 1.46. The molecule has 0 aliphatic rings. The molecule has 60 valence electrons. The topological polar surface area (TPSA) is 29.5 Å². The Hall–Kier alpha value is -0.340. The van der Waals surface area contributed by atoms with Crippen LogP contribution in [0.4, 0.5) is 0 Å². The highest BCUT2D eigenvalue weighted by Crippen LogP contribution is 2.21. The quantitative estimate of drug-likeness (QED) is 0.373. The van der Waals surface area contributed by atoms with Gasteiger partial charge >= 0.3 is 0 Å². The van der Waals surface area contributed by atoms with Crippen LogP contribution in [0.15, 0.2) is 12.2 Å². The fourth-order valence-electron chi connectivity index (χ4n) is 0.843. The van der Waals surface area contributed by atoms with Crippen LogP contribution in [-0.2, 0) is 4.89 Å². The maximum atomic E-state index is 8.07. The summed E-state index contributed by atoms with van der Waals surface area (Å²) < 4.78 is 0. The summed E-state index contributed by atoms with van der Waals surface area (Å²) in [6.07, 6.45) is 4.96. The van der Waals surface area contributed by atoms with Gasteiger partial charge in [0.1, 0.15) is 0 Å². The van der Waals surface area contributed by atoms with Gasteiger partial charge in [-0.15, -0.1) is 0 Å². The van der Waals surface area contributed by atoms with Crippen LogP contribution in [0.1, 0.15) is 27.2 Å². The maximum Gasteiger partial charge on any atom is 0.0827 e. The van der Waals surface area contributed by atoms with Crippen molar-refractivity contribution in [2.45, 2.75) is 27.2 Å². The van der Waals surface area contributed by atoms with Crippen LogP contribution in [0.5, 0.6) is 0 Å². The molecular formula is C8H16O2. The minimum Gasteiger partial charge on any atom is -0.252 e. The fraction of sp³-hybridized carbons (Fsp3) is 0.750. The van der Waals surface area contributed by atoms with Gasteiger partial charge in [-0.3, -0.25) is 5.26 Å². The molecule has 0 aromatic heterocycles. The van der Waals surface area contributed by atoms with Crippen molar-refractivity contribution in [1.82, 2.24) is 0 Å². The summed E-state index contributed by atoms with van der Waals surface area (Å²) in [5.74, 6) is 0. The Morgan fingerprint density at radius 2 is 2.10 bits per heavy atom. The molecule has 0 spiro atoms. The normalized spacial score (nSPS) is 12.8. The third-order valence-electron chi connectivity index (χ3n) is 1.46. The van der Waals surface area contributed by atoms with Gasteiger partial charge < -0.3 is 0 Å². The van der Waals surface area contributed by atoms with E-state index in [1.807, 2.05) is 13.0 Å². The molecule has 0 radical (unpaired) electrons. The van der Waals surface area contributed by atoms with Crippen LogP contribution in [-0.4, -0.2) is 11.9 Å². The molecule has 0 aromatic rings. The second-order valence-electron chi connectivity index (χ2n) is 3.07. The van der Waals surface area contributed by atoms with Crippen molar-refractivity contribution in [3.8, 4) is 0 Å². The first-order chi connectivity index (χ1) is 4.62. The molecule has 0 atom stereocenters. The predicted octanol–water partition coefficient (Wildman–Crippen LogP) is 2.47. The summed E-state index contributed by atoms with van der Waals surface area (Å²) in [4.78, 5) is 3.99. The highest BCUT2D eigenvalue weighted by molar-refractivity contribution is 4.92. The molecule has 0 amide bonds. The molecule has 0 bridgehead atoms. The monoisotopic (exact) mass is 144 g/mol. The molecule has 0 rings (SSSR count). The maximum absolute atomic E-state index is 8.07. The molecule has 10 heavy (non-hydrogen) atoms. The molecule has 0 unspecified atom stereocenters. The largest absolute Gasteiger partial charge is 0.252 e. The number of hydrogen-bond acceptors (Lipinski definition) is 2. The van der Waals surface area contributed by atoms with Gasteiger partial charge in [0.2, 0.25) is 0 Å². The number of hydrogen-bond donors (Lipinski definition) is 1. The molecule has 0 fully saturated rings. The first kappa shape index (κ1) is 9.66. The lowest BCUT2D eigenvalue weighted by Crippen LogP contribution is -2.10. The molecule has 1 N–H and O–H groups in total. The number of allylic oxidation sites excluding steroid dienone is 2. The molecule has 2 nitrogen and oxygen atoms in total. The van der Waals surface area contributed by atoms with Crippen molar-refractivity contribution in [3.05, 3.63) is 12.2 Å². The fourth-order valence-corrected chi connectivity index (χ4v) is 0.843. The smallest absolute Gasteiger partial charge is 0.0827 e. The zero-order chi connectivity index (χ0) is 8.04. The van der Waals surface area contributed by atoms with E-state index in [0.29, 0.717) is 6.61 Å². The van der Waals surface area contributed by atoms with Crippen molar-refractivity contribution < 1.29 is 10.1 Å². The van der Waals surface area contributed by atoms with Gasteiger partial charge in [0, 0.05) is 0 Å². The Bertz CT molecular complexity index is 106. The van der Waals surface area contributed by atoms with E-state index in [2.05, 4.69) is 24.8 Å². The highest BCUT2D eigenvalue weighted by Gasteiger charge is 2.12. The van der Waals surface area contributed by atoms with Gasteiger partial charge in [0.15, 0.2) is 0 Å². The molecule has 0 aliphatic carbocycles. The van der Waals surface area contributed by atoms with Gasteiger partial charge in [-0.05, 0) is 18.8 Å². The summed E-state index contributed by atoms with van der Waals surface area (Å²) in [7, 11) is 0. The summed E-state index contributed by atoms with van der Waals surface area (Å²) >= 11 is 0. The average molecular weight is 144 g/mol. The Labute approximate surface area is 62.4 Å². The Balaban J connectivity index is 3.63. The Morgan fingerprint density at radius 3 is 2.50 bits per heavy atom. The molecule has 0 aromatic carbocycles. The number of rotatable bonds is 4. The minimum atomic E-state index is 0.136. The van der Waals surface area contributed by atoms with Crippen molar-refractivity contribution in [2.75, 3.05) is 6.61 Å². The van der Waals surface area contributed by atoms with Crippen LogP contribution in [0, 0.1) is 5.41 Å². The van der Waals surface area contributed by atoms with Crippen LogP contribution >= 0.6 is 0 Å². The first-order valence-corrected chi connectivity index (χ1v) is 3.52. The second kappa shape index (κ2) is 4.47. The molecular weight excluding hydrogens is 128 g/mol. The summed E-state index contributed by atoms with van der Waals surface area (Å²) in [5, 5.41) is 8.07. The molecule has 0 aliphatic heterocycles. The zero-order valence-corrected chi connectivity index (χ0v) is 6.92. The van der Waals surface area contributed by atoms with Gasteiger partial charge in [-0.2, -0.15) is 0 Å². The van der Waals surface area contributed by atoms with E-state index in [4.69, 9.17) is 5.26 Å². The standard InChI is InChI=1S/C8H16O2/c1-4-5-8(2,3)6-7-10-9/h4-5,9H,6-7H2,1-3H3/b5-4+. The van der Waals surface area contributed by atoms with Crippen molar-refractivity contribution in [2.24, 2.45) is 5.41 Å². The van der Waals surface area contributed by atoms with Gasteiger partial charge in [-0.25, -0.2) is 4.89 Å². The van der Waals surface area contributed by atoms with E-state index in [1.165, 1.54) is 0 Å². The Morgan fingerprint density at radius 1 is 1.50 bits per heavy atom. The molecule has 0 saturated carbocycles. The lowest BCUT2D eigenvalue weighted by Gasteiger charge is -2.18. The first-order valence-electron chi connectivity index (χ1n) is 3.52. The van der Waals surface area contributed by atoms with Gasteiger partial charge in [-0.1, -0.05) is 26.0 Å². The third kappa shape index (κ3) is 4.53. The Kier molecular flexibility index (Phi) is 4.32. The molecule has 0 heterocycles. The van der Waals surface area contributed by atoms with Crippen LogP contribution in [0.25, 0.3) is 0 Å². The van der Waals surface area contributed by atoms with E-state index in [0.717, 1.165) is 6.42 Å². The van der Waals surface area contributed by atoms with Crippen LogP contribution < -0.4 is 0 Å². The summed E-state index contributed by atoms with van der Waals surface area (Å²) in [6, 6.07) is 0. The van der Waals surface area contributed by atoms with E-state index in [9.17, 15) is 0 Å². The van der Waals surface area contributed by atoms with Crippen molar-refractivity contribution in [3.63, 3.8) is 0 Å². The lowest BCUT2D eigenvalue weighted by molar-refractivity contribution is -0.245. The molecule has 0 saturated heterocycles. The highest BCUT2D eigenvalue weighted by atomic mass is 17.1. The molecule has 2 heteroatoms. The predicted molar refractivity (Wildman–Crippen MR) is 41.8 cm³/mol. The van der Waals surface area contributed by atoms with E-state index >= 15 is 0 Å². The van der Waals surface area contributed by atoms with Gasteiger partial charge in [0.05, 0.1) is 6.61 Å². The zero-order valence-electron chi connectivity index (χ0n) is 6.92. The lowest BCUT2D eigenvalue weighted by atomic mass is 9.89. The summed E-state index contributed by atoms with van der Waals surface area (Å²) in [6.45, 7) is 6.59. The van der Waals surface area contributed by atoms with E-state index < -0.39 is 0 Å².